The van der Waals surface area contributed by atoms with Gasteiger partial charge in [-0.2, -0.15) is 0 Å². The summed E-state index contributed by atoms with van der Waals surface area (Å²) >= 11 is 0. The Morgan fingerprint density at radius 1 is 1.33 bits per heavy atom. The highest BCUT2D eigenvalue weighted by Gasteiger charge is 2.26. The molecule has 0 aliphatic carbocycles. The molecule has 18 heavy (non-hydrogen) atoms. The Labute approximate surface area is 105 Å². The van der Waals surface area contributed by atoms with Crippen LogP contribution in [-0.2, 0) is 14.3 Å². The van der Waals surface area contributed by atoms with E-state index in [0.29, 0.717) is 11.3 Å². The van der Waals surface area contributed by atoms with E-state index in [4.69, 9.17) is 9.47 Å². The molecule has 1 aliphatic heterocycles. The zero-order valence-electron chi connectivity index (χ0n) is 10.1. The predicted molar refractivity (Wildman–Crippen MR) is 65.0 cm³/mol. The van der Waals surface area contributed by atoms with Crippen LogP contribution < -0.4 is 4.90 Å². The molecule has 1 aromatic carbocycles. The van der Waals surface area contributed by atoms with Crippen molar-refractivity contribution in [1.82, 2.24) is 0 Å². The Hall–Kier alpha value is -2.30. The molecule has 1 aromatic rings. The van der Waals surface area contributed by atoms with Crippen LogP contribution in [0.1, 0.15) is 6.92 Å². The number of amides is 1. The van der Waals surface area contributed by atoms with Crippen molar-refractivity contribution in [3.8, 4) is 0 Å². The van der Waals surface area contributed by atoms with Crippen molar-refractivity contribution in [2.24, 2.45) is 0 Å². The smallest absolute Gasteiger partial charge is 0.417 e. The number of carbonyl (C=O) groups is 2. The molecule has 0 spiro atoms. The monoisotopic (exact) mass is 247 g/mol. The molecule has 0 N–H and O–H groups in total. The molecule has 1 unspecified atom stereocenters. The summed E-state index contributed by atoms with van der Waals surface area (Å²) in [5.74, 6) is -0.463. The highest BCUT2D eigenvalue weighted by atomic mass is 16.7. The van der Waals surface area contributed by atoms with Crippen LogP contribution >= 0.6 is 0 Å². The Morgan fingerprint density at radius 2 is 2.00 bits per heavy atom. The van der Waals surface area contributed by atoms with Crippen molar-refractivity contribution in [2.45, 2.75) is 13.2 Å². The number of rotatable bonds is 2. The molecule has 1 amide bonds. The van der Waals surface area contributed by atoms with Gasteiger partial charge in [0.2, 0.25) is 0 Å². The Balaban J connectivity index is 1.99. The summed E-state index contributed by atoms with van der Waals surface area (Å²) in [7, 11) is 1.59. The van der Waals surface area contributed by atoms with Crippen LogP contribution in [0, 0.1) is 0 Å². The van der Waals surface area contributed by atoms with Gasteiger partial charge in [-0.25, -0.2) is 9.59 Å². The van der Waals surface area contributed by atoms with Gasteiger partial charge in [0.25, 0.3) is 6.29 Å². The number of esters is 1. The van der Waals surface area contributed by atoms with Crippen molar-refractivity contribution >= 4 is 17.7 Å². The van der Waals surface area contributed by atoms with Gasteiger partial charge < -0.3 is 9.47 Å². The summed E-state index contributed by atoms with van der Waals surface area (Å²) in [6.07, 6.45) is -0.0416. The lowest BCUT2D eigenvalue weighted by Crippen LogP contribution is -2.30. The Kier molecular flexibility index (Phi) is 3.32. The molecule has 1 heterocycles. The fourth-order valence-electron chi connectivity index (χ4n) is 1.50. The third kappa shape index (κ3) is 2.51. The van der Waals surface area contributed by atoms with E-state index in [-0.39, 0.29) is 0 Å². The first-order valence-corrected chi connectivity index (χ1v) is 5.47. The summed E-state index contributed by atoms with van der Waals surface area (Å²) in [6, 6.07) is 9.05. The molecule has 0 saturated heterocycles. The third-order valence-corrected chi connectivity index (χ3v) is 2.57. The van der Waals surface area contributed by atoms with E-state index in [1.165, 1.54) is 11.0 Å². The maximum Gasteiger partial charge on any atom is 0.417 e. The van der Waals surface area contributed by atoms with Crippen molar-refractivity contribution in [1.29, 1.82) is 0 Å². The molecule has 2 rings (SSSR count). The zero-order valence-corrected chi connectivity index (χ0v) is 10.1. The summed E-state index contributed by atoms with van der Waals surface area (Å²) in [6.45, 7) is 1.61. The third-order valence-electron chi connectivity index (χ3n) is 2.57. The van der Waals surface area contributed by atoms with Crippen LogP contribution in [0.25, 0.3) is 0 Å². The van der Waals surface area contributed by atoms with Gasteiger partial charge in [-0.15, -0.1) is 0 Å². The van der Waals surface area contributed by atoms with Gasteiger partial charge in [-0.05, 0) is 19.1 Å². The van der Waals surface area contributed by atoms with Crippen LogP contribution in [0.2, 0.25) is 0 Å². The van der Waals surface area contributed by atoms with E-state index in [2.05, 4.69) is 0 Å². The zero-order chi connectivity index (χ0) is 13.1. The molecule has 1 aliphatic rings. The minimum atomic E-state index is -0.934. The number of hydrogen-bond acceptors (Lipinski definition) is 4. The predicted octanol–water partition coefficient (Wildman–Crippen LogP) is 2.09. The molecule has 0 radical (unpaired) electrons. The largest absolute Gasteiger partial charge is 0.418 e. The molecule has 0 bridgehead atoms. The van der Waals surface area contributed by atoms with Gasteiger partial charge >= 0.3 is 12.1 Å². The molecule has 94 valence electrons. The summed E-state index contributed by atoms with van der Waals surface area (Å²) in [4.78, 5) is 24.2. The minimum Gasteiger partial charge on any atom is -0.418 e. The molecular weight excluding hydrogens is 234 g/mol. The number of hydrogen-bond donors (Lipinski definition) is 0. The number of benzene rings is 1. The molecule has 0 saturated carbocycles. The van der Waals surface area contributed by atoms with E-state index in [9.17, 15) is 9.59 Å². The van der Waals surface area contributed by atoms with E-state index in [1.807, 2.05) is 18.2 Å². The van der Waals surface area contributed by atoms with Crippen LogP contribution in [0.5, 0.6) is 0 Å². The first-order valence-electron chi connectivity index (χ1n) is 5.47. The van der Waals surface area contributed by atoms with E-state index >= 15 is 0 Å². The number of anilines is 1. The van der Waals surface area contributed by atoms with Gasteiger partial charge in [-0.3, -0.25) is 4.90 Å². The van der Waals surface area contributed by atoms with Gasteiger partial charge in [0, 0.05) is 24.4 Å². The van der Waals surface area contributed by atoms with Crippen molar-refractivity contribution in [3.05, 3.63) is 42.0 Å². The molecular formula is C13H13NO4. The van der Waals surface area contributed by atoms with Crippen LogP contribution in [0.4, 0.5) is 10.5 Å². The highest BCUT2D eigenvalue weighted by Crippen LogP contribution is 2.17. The maximum absolute atomic E-state index is 11.8. The lowest BCUT2D eigenvalue weighted by atomic mass is 10.3. The number of carbonyl (C=O) groups excluding carboxylic acids is 2. The summed E-state index contributed by atoms with van der Waals surface area (Å²) in [5, 5.41) is 0. The normalized spacial score (nSPS) is 18.0. The Morgan fingerprint density at radius 3 is 2.56 bits per heavy atom. The minimum absolute atomic E-state index is 0.440. The van der Waals surface area contributed by atoms with Crippen molar-refractivity contribution in [3.63, 3.8) is 0 Å². The van der Waals surface area contributed by atoms with Crippen LogP contribution in [-0.4, -0.2) is 25.4 Å². The lowest BCUT2D eigenvalue weighted by molar-refractivity contribution is -0.151. The van der Waals surface area contributed by atoms with Gasteiger partial charge in [0.05, 0.1) is 0 Å². The number of para-hydroxylation sites is 1. The fourth-order valence-corrected chi connectivity index (χ4v) is 1.50. The molecule has 0 fully saturated rings. The fraction of sp³-hybridized carbons (Fsp3) is 0.231. The highest BCUT2D eigenvalue weighted by molar-refractivity contribution is 5.91. The summed E-state index contributed by atoms with van der Waals surface area (Å²) < 4.78 is 9.86. The average molecular weight is 247 g/mol. The second kappa shape index (κ2) is 4.91. The SMILES string of the molecule is CC1=CC(OC(=O)N(C)c2ccccc2)OC1=O. The second-order valence-corrected chi connectivity index (χ2v) is 3.90. The number of cyclic esters (lactones) is 1. The topological polar surface area (TPSA) is 55.8 Å². The standard InChI is InChI=1S/C13H13NO4/c1-9-8-11(17-12(9)15)18-13(16)14(2)10-6-4-3-5-7-10/h3-8,11H,1-2H3. The molecule has 5 heteroatoms. The van der Waals surface area contributed by atoms with Crippen molar-refractivity contribution in [2.75, 3.05) is 11.9 Å². The summed E-state index contributed by atoms with van der Waals surface area (Å²) in [5.41, 5.74) is 1.14. The first kappa shape index (κ1) is 12.2. The first-order chi connectivity index (χ1) is 8.58. The lowest BCUT2D eigenvalue weighted by Gasteiger charge is -2.18. The molecule has 5 nitrogen and oxygen atoms in total. The van der Waals surface area contributed by atoms with Gasteiger partial charge in [-0.1, -0.05) is 18.2 Å². The van der Waals surface area contributed by atoms with Gasteiger partial charge in [0.15, 0.2) is 0 Å². The average Bonchev–Trinajstić information content (AvgIpc) is 2.68. The van der Waals surface area contributed by atoms with Gasteiger partial charge in [0.1, 0.15) is 0 Å². The number of ether oxygens (including phenoxy) is 2. The van der Waals surface area contributed by atoms with Crippen LogP contribution in [0.15, 0.2) is 42.0 Å². The number of nitrogens with zero attached hydrogens (tertiary/aromatic N) is 1. The van der Waals surface area contributed by atoms with Crippen molar-refractivity contribution < 1.29 is 19.1 Å². The molecule has 0 aromatic heterocycles. The van der Waals surface area contributed by atoms with E-state index in [1.54, 1.807) is 26.1 Å². The second-order valence-electron chi connectivity index (χ2n) is 3.90. The maximum atomic E-state index is 11.8. The van der Waals surface area contributed by atoms with E-state index in [0.717, 1.165) is 0 Å². The Bertz CT molecular complexity index is 495. The quantitative estimate of drug-likeness (QED) is 0.751. The van der Waals surface area contributed by atoms with E-state index < -0.39 is 18.4 Å². The van der Waals surface area contributed by atoms with Crippen LogP contribution in [0.3, 0.4) is 0 Å². The molecule has 1 atom stereocenters.